The lowest BCUT2D eigenvalue weighted by Crippen LogP contribution is -2.39. The Morgan fingerprint density at radius 2 is 1.52 bits per heavy atom. The predicted molar refractivity (Wildman–Crippen MR) is 184 cm³/mol. The van der Waals surface area contributed by atoms with Crippen molar-refractivity contribution in [2.75, 3.05) is 39.5 Å². The fraction of sp³-hybridized carbons (Fsp3) is 0.737. The van der Waals surface area contributed by atoms with Crippen molar-refractivity contribution in [2.24, 2.45) is 11.8 Å². The minimum atomic E-state index is -4.00. The molecule has 2 fully saturated rings. The Labute approximate surface area is 269 Å². The summed E-state index contributed by atoms with van der Waals surface area (Å²) in [5.41, 5.74) is 5.92. The molecular formula is C38H66F3NO2. The van der Waals surface area contributed by atoms with Gasteiger partial charge in [0.15, 0.2) is 0 Å². The quantitative estimate of drug-likeness (QED) is 0.228. The number of alkyl halides is 3. The lowest BCUT2D eigenvalue weighted by molar-refractivity contribution is -0.110. The molecule has 0 radical (unpaired) electrons. The first-order chi connectivity index (χ1) is 20.9. The van der Waals surface area contributed by atoms with Gasteiger partial charge in [-0.25, -0.2) is 0 Å². The van der Waals surface area contributed by atoms with Crippen molar-refractivity contribution in [3.8, 4) is 0 Å². The minimum absolute atomic E-state index is 0.188. The van der Waals surface area contributed by atoms with E-state index in [0.717, 1.165) is 51.8 Å². The zero-order valence-corrected chi connectivity index (χ0v) is 29.9. The van der Waals surface area contributed by atoms with Crippen LogP contribution in [0.4, 0.5) is 13.2 Å². The number of morpholine rings is 1. The Kier molecular flexibility index (Phi) is 23.7. The Bertz CT molecular complexity index is 874. The molecule has 0 N–H and O–H groups in total. The summed E-state index contributed by atoms with van der Waals surface area (Å²) in [6, 6.07) is 8.82. The smallest absolute Gasteiger partial charge is 0.379 e. The molecule has 2 unspecified atom stereocenters. The van der Waals surface area contributed by atoms with Gasteiger partial charge in [0.05, 0.1) is 25.9 Å². The van der Waals surface area contributed by atoms with Gasteiger partial charge in [-0.2, -0.15) is 13.2 Å². The maximum absolute atomic E-state index is 10.4. The van der Waals surface area contributed by atoms with E-state index in [1.165, 1.54) is 55.2 Å². The van der Waals surface area contributed by atoms with Crippen molar-refractivity contribution in [3.63, 3.8) is 0 Å². The highest BCUT2D eigenvalue weighted by Crippen LogP contribution is 2.33. The molecule has 3 rings (SSSR count). The van der Waals surface area contributed by atoms with Crippen LogP contribution in [0.15, 0.2) is 47.6 Å². The van der Waals surface area contributed by atoms with Gasteiger partial charge in [-0.3, -0.25) is 4.90 Å². The maximum Gasteiger partial charge on any atom is 0.386 e. The molecule has 0 spiro atoms. The van der Waals surface area contributed by atoms with Gasteiger partial charge in [0.25, 0.3) is 0 Å². The van der Waals surface area contributed by atoms with E-state index >= 15 is 0 Å². The fourth-order valence-corrected chi connectivity index (χ4v) is 5.17. The van der Waals surface area contributed by atoms with Crippen molar-refractivity contribution in [3.05, 3.63) is 58.7 Å². The number of halogens is 3. The Morgan fingerprint density at radius 3 is 2.00 bits per heavy atom. The SMILES string of the molecule is CC.CC(F)(F)F.CC/C=C(\C=C(\C)C(C)CC)C1CCC(OCCN2CCOCC2)CC1.CCC(C)c1ccc(C)cc1. The van der Waals surface area contributed by atoms with Gasteiger partial charge in [-0.15, -0.1) is 0 Å². The first-order valence-electron chi connectivity index (χ1n) is 17.3. The van der Waals surface area contributed by atoms with Crippen LogP contribution in [-0.4, -0.2) is 56.6 Å². The van der Waals surface area contributed by atoms with Gasteiger partial charge >= 0.3 is 6.18 Å². The van der Waals surface area contributed by atoms with Gasteiger partial charge in [0, 0.05) is 26.6 Å². The van der Waals surface area contributed by atoms with E-state index in [0.29, 0.717) is 17.9 Å². The molecule has 0 bridgehead atoms. The lowest BCUT2D eigenvalue weighted by atomic mass is 9.80. The zero-order chi connectivity index (χ0) is 33.5. The van der Waals surface area contributed by atoms with Crippen LogP contribution in [0.2, 0.25) is 0 Å². The van der Waals surface area contributed by atoms with E-state index in [1.807, 2.05) is 13.8 Å². The van der Waals surface area contributed by atoms with Crippen molar-refractivity contribution in [1.29, 1.82) is 0 Å². The highest BCUT2D eigenvalue weighted by Gasteiger charge is 2.24. The molecule has 3 nitrogen and oxygen atoms in total. The van der Waals surface area contributed by atoms with Crippen molar-refractivity contribution >= 4 is 0 Å². The van der Waals surface area contributed by atoms with Crippen molar-refractivity contribution in [1.82, 2.24) is 4.90 Å². The Balaban J connectivity index is 0.000000843. The summed E-state index contributed by atoms with van der Waals surface area (Å²) in [6.07, 6.45) is 9.98. The largest absolute Gasteiger partial charge is 0.386 e. The molecule has 6 heteroatoms. The summed E-state index contributed by atoms with van der Waals surface area (Å²) in [7, 11) is 0. The molecule has 0 amide bonds. The summed E-state index contributed by atoms with van der Waals surface area (Å²) in [4.78, 5) is 2.46. The highest BCUT2D eigenvalue weighted by molar-refractivity contribution is 5.27. The number of allylic oxidation sites excluding steroid dienone is 4. The molecule has 1 aliphatic carbocycles. The van der Waals surface area contributed by atoms with Crippen molar-refractivity contribution in [2.45, 2.75) is 132 Å². The molecular weight excluding hydrogens is 559 g/mol. The van der Waals surface area contributed by atoms with Gasteiger partial charge in [0.1, 0.15) is 0 Å². The third kappa shape index (κ3) is 20.4. The monoisotopic (exact) mass is 626 g/mol. The van der Waals surface area contributed by atoms with Gasteiger partial charge in [-0.05, 0) is 87.7 Å². The fourth-order valence-electron chi connectivity index (χ4n) is 5.17. The summed E-state index contributed by atoms with van der Waals surface area (Å²) in [5, 5.41) is 0. The molecule has 2 atom stereocenters. The molecule has 256 valence electrons. The zero-order valence-electron chi connectivity index (χ0n) is 29.9. The van der Waals surface area contributed by atoms with Crippen LogP contribution in [0.25, 0.3) is 0 Å². The van der Waals surface area contributed by atoms with Crippen LogP contribution in [0.5, 0.6) is 0 Å². The first kappa shape index (κ1) is 42.4. The molecule has 1 saturated carbocycles. The van der Waals surface area contributed by atoms with Crippen LogP contribution in [0, 0.1) is 18.8 Å². The first-order valence-corrected chi connectivity index (χ1v) is 17.3. The third-order valence-electron chi connectivity index (χ3n) is 8.49. The van der Waals surface area contributed by atoms with Crippen LogP contribution < -0.4 is 0 Å². The summed E-state index contributed by atoms with van der Waals surface area (Å²) < 4.78 is 42.7. The normalized spacial score (nSPS) is 21.0. The molecule has 1 saturated heterocycles. The highest BCUT2D eigenvalue weighted by atomic mass is 19.4. The van der Waals surface area contributed by atoms with E-state index in [4.69, 9.17) is 9.47 Å². The number of nitrogens with zero attached hydrogens (tertiary/aromatic N) is 1. The second kappa shape index (κ2) is 24.6. The van der Waals surface area contributed by atoms with E-state index < -0.39 is 6.18 Å². The summed E-state index contributed by atoms with van der Waals surface area (Å²) in [5.74, 6) is 2.12. The van der Waals surface area contributed by atoms with Crippen LogP contribution in [0.3, 0.4) is 0 Å². The number of hydrogen-bond acceptors (Lipinski definition) is 3. The maximum atomic E-state index is 10.4. The second-order valence-electron chi connectivity index (χ2n) is 12.1. The second-order valence-corrected chi connectivity index (χ2v) is 12.1. The summed E-state index contributed by atoms with van der Waals surface area (Å²) >= 11 is 0. The van der Waals surface area contributed by atoms with Crippen LogP contribution in [0.1, 0.15) is 124 Å². The molecule has 1 aromatic carbocycles. The standard InChI is InChI=1S/C23H41NO2.C11H16.C2H3F3.C2H6/c1-5-7-22(18-20(4)19(3)6-2)21-8-10-23(11-9-21)26-17-14-24-12-15-25-16-13-24;1-4-10(3)11-7-5-9(2)6-8-11;1-2(3,4)5;1-2/h7,18-19,21,23H,5-6,8-17H2,1-4H3;5-8,10H,4H2,1-3H3;1H3;1-2H3/b20-18-,22-7+;;;. The third-order valence-corrected chi connectivity index (χ3v) is 8.49. The molecule has 1 aliphatic heterocycles. The molecule has 1 heterocycles. The summed E-state index contributed by atoms with van der Waals surface area (Å²) in [6.45, 7) is 25.8. The van der Waals surface area contributed by atoms with Crippen LogP contribution in [-0.2, 0) is 9.47 Å². The molecule has 2 aliphatic rings. The number of benzene rings is 1. The van der Waals surface area contributed by atoms with Gasteiger partial charge in [-0.1, -0.05) is 96.0 Å². The van der Waals surface area contributed by atoms with E-state index in [2.05, 4.69) is 89.8 Å². The lowest BCUT2D eigenvalue weighted by Gasteiger charge is -2.31. The average Bonchev–Trinajstić information content (AvgIpc) is 3.01. The minimum Gasteiger partial charge on any atom is -0.379 e. The average molecular weight is 626 g/mol. The Morgan fingerprint density at radius 1 is 0.977 bits per heavy atom. The van der Waals surface area contributed by atoms with E-state index in [1.54, 1.807) is 5.57 Å². The number of ether oxygens (including phenoxy) is 2. The van der Waals surface area contributed by atoms with E-state index in [-0.39, 0.29) is 6.92 Å². The number of rotatable bonds is 11. The Hall–Kier alpha value is -1.63. The van der Waals surface area contributed by atoms with Crippen LogP contribution >= 0.6 is 0 Å². The van der Waals surface area contributed by atoms with E-state index in [9.17, 15) is 13.2 Å². The van der Waals surface area contributed by atoms with Crippen molar-refractivity contribution < 1.29 is 22.6 Å². The topological polar surface area (TPSA) is 21.7 Å². The molecule has 1 aromatic rings. The predicted octanol–water partition coefficient (Wildman–Crippen LogP) is 11.3. The molecule has 44 heavy (non-hydrogen) atoms. The van der Waals surface area contributed by atoms with Gasteiger partial charge in [0.2, 0.25) is 0 Å². The van der Waals surface area contributed by atoms with Gasteiger partial charge < -0.3 is 9.47 Å². The molecule has 0 aromatic heterocycles. The number of hydrogen-bond donors (Lipinski definition) is 0. The number of aryl methyl sites for hydroxylation is 1.